The van der Waals surface area contributed by atoms with E-state index in [0.717, 1.165) is 5.56 Å². The third kappa shape index (κ3) is 2.27. The quantitative estimate of drug-likeness (QED) is 0.861. The molecule has 1 aromatic carbocycles. The summed E-state index contributed by atoms with van der Waals surface area (Å²) in [5, 5.41) is 8.89. The average molecular weight is 315 g/mol. The van der Waals surface area contributed by atoms with Crippen LogP contribution in [0.15, 0.2) is 41.4 Å². The molecule has 1 aromatic heterocycles. The van der Waals surface area contributed by atoms with E-state index in [-0.39, 0.29) is 4.90 Å². The van der Waals surface area contributed by atoms with E-state index in [1.807, 2.05) is 6.07 Å². The zero-order chi connectivity index (χ0) is 15.7. The molecule has 22 heavy (non-hydrogen) atoms. The maximum Gasteiger partial charge on any atom is 0.265 e. The highest BCUT2D eigenvalue weighted by Crippen LogP contribution is 2.31. The Morgan fingerprint density at radius 1 is 1.32 bits per heavy atom. The highest BCUT2D eigenvalue weighted by atomic mass is 32.2. The molecule has 0 aliphatic carbocycles. The molecule has 6 nitrogen and oxygen atoms in total. The summed E-state index contributed by atoms with van der Waals surface area (Å²) in [4.78, 5) is 4.32. The first-order chi connectivity index (χ1) is 10.6. The van der Waals surface area contributed by atoms with Crippen LogP contribution in [0.2, 0.25) is 0 Å². The summed E-state index contributed by atoms with van der Waals surface area (Å²) in [6, 6.07) is 9.93. The summed E-state index contributed by atoms with van der Waals surface area (Å²) in [6.45, 7) is 0.325. The molecule has 0 N–H and O–H groups in total. The van der Waals surface area contributed by atoms with Gasteiger partial charge in [0.1, 0.15) is 17.6 Å². The molecule has 3 rings (SSSR count). The summed E-state index contributed by atoms with van der Waals surface area (Å²) in [5.41, 5.74) is 1.21. The number of rotatable bonds is 3. The second-order valence-electron chi connectivity index (χ2n) is 4.82. The van der Waals surface area contributed by atoms with E-state index >= 15 is 0 Å². The van der Waals surface area contributed by atoms with Gasteiger partial charge in [0.2, 0.25) is 0 Å². The van der Waals surface area contributed by atoms with Gasteiger partial charge in [0.15, 0.2) is 0 Å². The van der Waals surface area contributed by atoms with E-state index in [1.165, 1.54) is 29.7 Å². The van der Waals surface area contributed by atoms with Crippen LogP contribution in [-0.4, -0.2) is 27.1 Å². The summed E-state index contributed by atoms with van der Waals surface area (Å²) in [6.07, 6.45) is 1.94. The molecule has 2 aromatic rings. The molecule has 1 aliphatic heterocycles. The Balaban J connectivity index is 2.00. The number of nitriles is 1. The third-order valence-corrected chi connectivity index (χ3v) is 5.34. The number of hydrogen-bond acceptors (Lipinski definition) is 5. The van der Waals surface area contributed by atoms with Crippen LogP contribution in [0.5, 0.6) is 5.75 Å². The number of fused-ring (bicyclic) bond motifs is 1. The smallest absolute Gasteiger partial charge is 0.265 e. The van der Waals surface area contributed by atoms with Crippen molar-refractivity contribution in [1.82, 2.24) is 4.98 Å². The molecule has 112 valence electrons. The number of nitrogens with zero attached hydrogens (tertiary/aromatic N) is 3. The van der Waals surface area contributed by atoms with E-state index in [4.69, 9.17) is 10.00 Å². The number of methoxy groups -OCH3 is 1. The Kier molecular flexibility index (Phi) is 3.47. The largest absolute Gasteiger partial charge is 0.497 e. The van der Waals surface area contributed by atoms with E-state index in [1.54, 1.807) is 18.2 Å². The molecular weight excluding hydrogens is 302 g/mol. The van der Waals surface area contributed by atoms with Gasteiger partial charge in [-0.05, 0) is 42.3 Å². The van der Waals surface area contributed by atoms with Gasteiger partial charge in [0, 0.05) is 12.7 Å². The number of pyridine rings is 1. The Labute approximate surface area is 128 Å². The Bertz CT molecular complexity index is 855. The van der Waals surface area contributed by atoms with Crippen LogP contribution >= 0.6 is 0 Å². The fraction of sp³-hybridized carbons (Fsp3) is 0.200. The summed E-state index contributed by atoms with van der Waals surface area (Å²) < 4.78 is 31.8. The number of aromatic nitrogens is 1. The number of sulfonamides is 1. The molecule has 0 fully saturated rings. The molecule has 0 saturated heterocycles. The van der Waals surface area contributed by atoms with Gasteiger partial charge in [-0.1, -0.05) is 0 Å². The lowest BCUT2D eigenvalue weighted by molar-refractivity contribution is 0.414. The minimum Gasteiger partial charge on any atom is -0.497 e. The SMILES string of the molecule is COc1ccc(S(=O)(=O)N2CCc3cc(C#N)cnc32)cc1. The van der Waals surface area contributed by atoms with Gasteiger partial charge in [-0.25, -0.2) is 17.7 Å². The zero-order valence-electron chi connectivity index (χ0n) is 11.9. The minimum atomic E-state index is -3.66. The summed E-state index contributed by atoms with van der Waals surface area (Å²) in [7, 11) is -2.14. The predicted molar refractivity (Wildman–Crippen MR) is 80.2 cm³/mol. The van der Waals surface area contributed by atoms with Crippen molar-refractivity contribution in [1.29, 1.82) is 5.26 Å². The van der Waals surface area contributed by atoms with Gasteiger partial charge in [0.25, 0.3) is 10.0 Å². The lowest BCUT2D eigenvalue weighted by Gasteiger charge is -2.18. The standard InChI is InChI=1S/C15H13N3O3S/c1-21-13-2-4-14(5-3-13)22(19,20)18-7-6-12-8-11(9-16)10-17-15(12)18/h2-5,8,10H,6-7H2,1H3. The normalized spacial score (nSPS) is 13.5. The molecule has 1 aliphatic rings. The molecule has 0 atom stereocenters. The number of ether oxygens (including phenoxy) is 1. The summed E-state index contributed by atoms with van der Waals surface area (Å²) >= 11 is 0. The van der Waals surface area contributed by atoms with Crippen molar-refractivity contribution in [3.05, 3.63) is 47.7 Å². The second-order valence-corrected chi connectivity index (χ2v) is 6.68. The van der Waals surface area contributed by atoms with E-state index in [2.05, 4.69) is 4.98 Å². The first kappa shape index (κ1) is 14.4. The fourth-order valence-electron chi connectivity index (χ4n) is 2.41. The number of benzene rings is 1. The lowest BCUT2D eigenvalue weighted by atomic mass is 10.2. The fourth-order valence-corrected chi connectivity index (χ4v) is 3.87. The third-order valence-electron chi connectivity index (χ3n) is 3.54. The van der Waals surface area contributed by atoms with E-state index in [9.17, 15) is 8.42 Å². The highest BCUT2D eigenvalue weighted by molar-refractivity contribution is 7.92. The van der Waals surface area contributed by atoms with Crippen molar-refractivity contribution in [2.75, 3.05) is 18.0 Å². The summed E-state index contributed by atoms with van der Waals surface area (Å²) in [5.74, 6) is 0.993. The Morgan fingerprint density at radius 2 is 2.05 bits per heavy atom. The van der Waals surface area contributed by atoms with Crippen LogP contribution in [0.4, 0.5) is 5.82 Å². The Hall–Kier alpha value is -2.59. The predicted octanol–water partition coefficient (Wildman–Crippen LogP) is 1.71. The van der Waals surface area contributed by atoms with Crippen LogP contribution in [0, 0.1) is 11.3 Å². The van der Waals surface area contributed by atoms with Crippen LogP contribution < -0.4 is 9.04 Å². The van der Waals surface area contributed by atoms with Crippen molar-refractivity contribution in [2.45, 2.75) is 11.3 Å². The second kappa shape index (κ2) is 5.31. The van der Waals surface area contributed by atoms with Gasteiger partial charge in [0.05, 0.1) is 17.6 Å². The first-order valence-corrected chi connectivity index (χ1v) is 8.06. The highest BCUT2D eigenvalue weighted by Gasteiger charge is 2.32. The van der Waals surface area contributed by atoms with Gasteiger partial charge in [-0.2, -0.15) is 5.26 Å². The minimum absolute atomic E-state index is 0.187. The van der Waals surface area contributed by atoms with E-state index < -0.39 is 10.0 Å². The maximum atomic E-state index is 12.7. The van der Waals surface area contributed by atoms with Crippen LogP contribution in [0.25, 0.3) is 0 Å². The first-order valence-electron chi connectivity index (χ1n) is 6.62. The molecular formula is C15H13N3O3S. The van der Waals surface area contributed by atoms with Crippen molar-refractivity contribution in [3.63, 3.8) is 0 Å². The monoisotopic (exact) mass is 315 g/mol. The molecule has 0 bridgehead atoms. The zero-order valence-corrected chi connectivity index (χ0v) is 12.7. The van der Waals surface area contributed by atoms with Crippen molar-refractivity contribution >= 4 is 15.8 Å². The molecule has 0 spiro atoms. The molecule has 0 saturated carbocycles. The van der Waals surface area contributed by atoms with Gasteiger partial charge in [-0.3, -0.25) is 0 Å². The van der Waals surface area contributed by atoms with Gasteiger partial charge in [-0.15, -0.1) is 0 Å². The average Bonchev–Trinajstić information content (AvgIpc) is 2.98. The molecule has 2 heterocycles. The number of anilines is 1. The molecule has 7 heteroatoms. The number of hydrogen-bond donors (Lipinski definition) is 0. The van der Waals surface area contributed by atoms with Crippen molar-refractivity contribution in [3.8, 4) is 11.8 Å². The van der Waals surface area contributed by atoms with Crippen molar-refractivity contribution < 1.29 is 13.2 Å². The molecule has 0 radical (unpaired) electrons. The molecule has 0 amide bonds. The molecule has 0 unspecified atom stereocenters. The lowest BCUT2D eigenvalue weighted by Crippen LogP contribution is -2.29. The maximum absolute atomic E-state index is 12.7. The van der Waals surface area contributed by atoms with Gasteiger partial charge >= 0.3 is 0 Å². The van der Waals surface area contributed by atoms with Crippen LogP contribution in [-0.2, 0) is 16.4 Å². The van der Waals surface area contributed by atoms with E-state index in [0.29, 0.717) is 30.1 Å². The van der Waals surface area contributed by atoms with Gasteiger partial charge < -0.3 is 4.74 Å². The van der Waals surface area contributed by atoms with Crippen molar-refractivity contribution in [2.24, 2.45) is 0 Å². The van der Waals surface area contributed by atoms with Crippen LogP contribution in [0.3, 0.4) is 0 Å². The Morgan fingerprint density at radius 3 is 2.68 bits per heavy atom. The topological polar surface area (TPSA) is 83.3 Å². The van der Waals surface area contributed by atoms with Crippen LogP contribution in [0.1, 0.15) is 11.1 Å².